The van der Waals surface area contributed by atoms with Crippen molar-refractivity contribution in [1.29, 1.82) is 0 Å². The molecule has 1 fully saturated rings. The summed E-state index contributed by atoms with van der Waals surface area (Å²) in [6.07, 6.45) is -0.141. The lowest BCUT2D eigenvalue weighted by Crippen LogP contribution is -2.42. The van der Waals surface area contributed by atoms with E-state index in [0.29, 0.717) is 19.4 Å². The van der Waals surface area contributed by atoms with Crippen molar-refractivity contribution in [2.24, 2.45) is 0 Å². The average molecular weight is 596 g/mol. The predicted octanol–water partition coefficient (Wildman–Crippen LogP) is 2.26. The molecule has 1 unspecified atom stereocenters. The van der Waals surface area contributed by atoms with Gasteiger partial charge in [0.15, 0.2) is 6.10 Å². The van der Waals surface area contributed by atoms with Crippen molar-refractivity contribution in [3.8, 4) is 11.6 Å². The fourth-order valence-corrected chi connectivity index (χ4v) is 5.96. The second-order valence-corrected chi connectivity index (χ2v) is 11.4. The van der Waals surface area contributed by atoms with Crippen molar-refractivity contribution >= 4 is 19.4 Å². The first kappa shape index (κ1) is 29.3. The molecule has 0 radical (unpaired) electrons. The van der Waals surface area contributed by atoms with Gasteiger partial charge in [-0.1, -0.05) is 18.2 Å². The number of para-hydroxylation sites is 1. The second-order valence-electron chi connectivity index (χ2n) is 9.69. The molecule has 4 heterocycles. The maximum absolute atomic E-state index is 15.6. The molecule has 5 rings (SSSR count). The van der Waals surface area contributed by atoms with Gasteiger partial charge in [0.05, 0.1) is 31.7 Å². The van der Waals surface area contributed by atoms with E-state index < -0.39 is 50.5 Å². The molecule has 0 aliphatic carbocycles. The van der Waals surface area contributed by atoms with Crippen LogP contribution in [0, 0.1) is 0 Å². The number of imidazole rings is 1. The molecule has 14 nitrogen and oxygen atoms in total. The third kappa shape index (κ3) is 6.50. The highest BCUT2D eigenvalue weighted by Gasteiger charge is 2.58. The number of benzene rings is 1. The number of fused-ring (bicyclic) bond motifs is 3. The van der Waals surface area contributed by atoms with Gasteiger partial charge >= 0.3 is 13.7 Å². The fourth-order valence-electron chi connectivity index (χ4n) is 4.46. The zero-order valence-electron chi connectivity index (χ0n) is 22.2. The number of aliphatic hydroxyl groups excluding tert-OH is 1. The Morgan fingerprint density at radius 3 is 2.63 bits per heavy atom. The molecule has 41 heavy (non-hydrogen) atoms. The maximum Gasteiger partial charge on any atom is 0.459 e. The van der Waals surface area contributed by atoms with Gasteiger partial charge in [0.25, 0.3) is 11.7 Å². The standard InChI is InChI=1S/C25H31FN5O9P/c1-16-24(33)37-12-8-3-2-7-11-36-23-22-27-13-18(31(22)29-15-28-23)21-25(26,34)20(32)19(39-21)14-38-41(35,30-16)40-17-9-5-4-6-10-17/h4-6,9-10,13,15-16,19-21,32,34H,2-3,7-8,11-12,14H2,1H3,(H,30,35)/t16-,19-,20-,21+,25-,41?/m1/s1. The molecule has 1 aromatic carbocycles. The summed E-state index contributed by atoms with van der Waals surface area (Å²) >= 11 is 0. The van der Waals surface area contributed by atoms with Crippen LogP contribution >= 0.6 is 7.75 Å². The Balaban J connectivity index is 1.43. The predicted molar refractivity (Wildman–Crippen MR) is 139 cm³/mol. The molecule has 0 spiro atoms. The highest BCUT2D eigenvalue weighted by molar-refractivity contribution is 7.52. The molecule has 6 bridgehead atoms. The maximum atomic E-state index is 15.6. The number of aliphatic hydroxyl groups is 2. The first-order valence-corrected chi connectivity index (χ1v) is 14.7. The van der Waals surface area contributed by atoms with Gasteiger partial charge in [-0.25, -0.2) is 18.5 Å². The summed E-state index contributed by atoms with van der Waals surface area (Å²) in [6.45, 7) is 1.20. The Labute approximate surface area is 234 Å². The van der Waals surface area contributed by atoms with Crippen LogP contribution in [0.15, 0.2) is 42.9 Å². The van der Waals surface area contributed by atoms with Crippen LogP contribution in [0.25, 0.3) is 5.65 Å². The number of esters is 1. The van der Waals surface area contributed by atoms with Gasteiger partial charge < -0.3 is 28.9 Å². The average Bonchev–Trinajstić information content (AvgIpc) is 3.47. The number of aromatic nitrogens is 4. The summed E-state index contributed by atoms with van der Waals surface area (Å²) < 4.78 is 58.4. The van der Waals surface area contributed by atoms with Crippen LogP contribution in [0.2, 0.25) is 0 Å². The molecule has 6 atom stereocenters. The fraction of sp³-hybridized carbons (Fsp3) is 0.520. The molecule has 16 heteroatoms. The van der Waals surface area contributed by atoms with Crippen molar-refractivity contribution in [3.05, 3.63) is 48.5 Å². The third-order valence-electron chi connectivity index (χ3n) is 6.62. The number of hydrogen-bond acceptors (Lipinski definition) is 12. The van der Waals surface area contributed by atoms with E-state index in [4.69, 9.17) is 23.3 Å². The number of nitrogens with zero attached hydrogens (tertiary/aromatic N) is 4. The van der Waals surface area contributed by atoms with Gasteiger partial charge in [-0.05, 0) is 44.7 Å². The third-order valence-corrected chi connectivity index (χ3v) is 8.26. The Hall–Kier alpha value is -3.20. The van der Waals surface area contributed by atoms with Gasteiger partial charge in [0, 0.05) is 0 Å². The number of hydrogen-bond donors (Lipinski definition) is 3. The Morgan fingerprint density at radius 1 is 1.15 bits per heavy atom. The van der Waals surface area contributed by atoms with Gasteiger partial charge in [0.1, 0.15) is 30.3 Å². The zero-order chi connectivity index (χ0) is 29.0. The quantitative estimate of drug-likeness (QED) is 0.291. The number of alkyl halides is 1. The lowest BCUT2D eigenvalue weighted by Gasteiger charge is -2.25. The monoisotopic (exact) mass is 595 g/mol. The number of carbonyl (C=O) groups is 1. The molecule has 2 aliphatic rings. The molecule has 3 N–H and O–H groups in total. The number of nitrogens with one attached hydrogen (secondary N) is 1. The molecule has 0 amide bonds. The van der Waals surface area contributed by atoms with Gasteiger partial charge in [-0.2, -0.15) is 15.2 Å². The van der Waals surface area contributed by atoms with E-state index in [-0.39, 0.29) is 29.6 Å². The lowest BCUT2D eigenvalue weighted by atomic mass is 10.0. The number of carbonyl (C=O) groups excluding carboxylic acids is 1. The number of ether oxygens (including phenoxy) is 3. The van der Waals surface area contributed by atoms with Crippen LogP contribution < -0.4 is 14.3 Å². The van der Waals surface area contributed by atoms with Crippen molar-refractivity contribution in [1.82, 2.24) is 24.7 Å². The van der Waals surface area contributed by atoms with Crippen LogP contribution in [-0.4, -0.2) is 79.7 Å². The number of cyclic esters (lactones) is 1. The van der Waals surface area contributed by atoms with Crippen LogP contribution in [0.1, 0.15) is 44.4 Å². The van der Waals surface area contributed by atoms with Gasteiger partial charge in [-0.3, -0.25) is 9.32 Å². The van der Waals surface area contributed by atoms with Crippen LogP contribution in [0.3, 0.4) is 0 Å². The van der Waals surface area contributed by atoms with E-state index in [2.05, 4.69) is 20.2 Å². The summed E-state index contributed by atoms with van der Waals surface area (Å²) in [7, 11) is -4.34. The van der Waals surface area contributed by atoms with E-state index in [1.54, 1.807) is 18.2 Å². The minimum atomic E-state index is -4.34. The molecule has 2 aliphatic heterocycles. The first-order chi connectivity index (χ1) is 19.7. The minimum Gasteiger partial charge on any atom is -0.475 e. The van der Waals surface area contributed by atoms with Crippen LogP contribution in [-0.2, 0) is 23.4 Å². The summed E-state index contributed by atoms with van der Waals surface area (Å²) in [4.78, 5) is 20.9. The number of halogens is 1. The molecular formula is C25H31FN5O9P. The van der Waals surface area contributed by atoms with Crippen molar-refractivity contribution < 1.29 is 47.2 Å². The van der Waals surface area contributed by atoms with E-state index in [1.165, 1.54) is 36.1 Å². The van der Waals surface area contributed by atoms with Crippen LogP contribution in [0.5, 0.6) is 11.6 Å². The second kappa shape index (κ2) is 12.3. The van der Waals surface area contributed by atoms with Gasteiger partial charge in [-0.15, -0.1) is 0 Å². The van der Waals surface area contributed by atoms with E-state index in [0.717, 1.165) is 12.8 Å². The van der Waals surface area contributed by atoms with Crippen molar-refractivity contribution in [2.45, 2.75) is 62.8 Å². The zero-order valence-corrected chi connectivity index (χ0v) is 23.1. The molecular weight excluding hydrogens is 564 g/mol. The first-order valence-electron chi connectivity index (χ1n) is 13.2. The highest BCUT2D eigenvalue weighted by Crippen LogP contribution is 2.48. The topological polar surface area (TPSA) is 176 Å². The smallest absolute Gasteiger partial charge is 0.459 e. The molecule has 1 saturated heterocycles. The highest BCUT2D eigenvalue weighted by atomic mass is 31.2. The molecule has 3 aromatic rings. The lowest BCUT2D eigenvalue weighted by molar-refractivity contribution is -0.177. The summed E-state index contributed by atoms with van der Waals surface area (Å²) in [5.74, 6) is -3.68. The summed E-state index contributed by atoms with van der Waals surface area (Å²) in [6, 6.07) is 6.93. The molecule has 0 saturated carbocycles. The van der Waals surface area contributed by atoms with Gasteiger partial charge in [0.2, 0.25) is 5.65 Å². The SMILES string of the molecule is C[C@H]1NP(=O)(Oc2ccccc2)OC[C@H]2O[C@@H](c3cnc4c(ncnn34)OCCCCCCOC1=O)[C@@](O)(F)[C@@H]2O. The summed E-state index contributed by atoms with van der Waals surface area (Å²) in [5, 5.41) is 27.9. The Morgan fingerprint density at radius 2 is 1.88 bits per heavy atom. The normalized spacial score (nSPS) is 32.1. The van der Waals surface area contributed by atoms with Crippen LogP contribution in [0.4, 0.5) is 4.39 Å². The van der Waals surface area contributed by atoms with Crippen molar-refractivity contribution in [3.63, 3.8) is 0 Å². The van der Waals surface area contributed by atoms with E-state index in [1.807, 2.05) is 0 Å². The van der Waals surface area contributed by atoms with E-state index >= 15 is 4.39 Å². The molecule has 2 aromatic heterocycles. The van der Waals surface area contributed by atoms with Crippen molar-refractivity contribution in [2.75, 3.05) is 19.8 Å². The molecule has 222 valence electrons. The summed E-state index contributed by atoms with van der Waals surface area (Å²) in [5.41, 5.74) is 0.135. The largest absolute Gasteiger partial charge is 0.475 e. The Kier molecular flexibility index (Phi) is 8.82. The Bertz CT molecular complexity index is 1390. The number of rotatable bonds is 2. The minimum absolute atomic E-state index is 0.0251. The van der Waals surface area contributed by atoms with E-state index in [9.17, 15) is 19.6 Å².